The topological polar surface area (TPSA) is 77.4 Å². The van der Waals surface area contributed by atoms with Crippen LogP contribution in [0.3, 0.4) is 0 Å². The van der Waals surface area contributed by atoms with E-state index in [1.165, 1.54) is 0 Å². The highest BCUT2D eigenvalue weighted by molar-refractivity contribution is 5.17. The Labute approximate surface area is 235 Å². The molecule has 1 aliphatic rings. The van der Waals surface area contributed by atoms with Crippen molar-refractivity contribution in [2.75, 3.05) is 0 Å². The Morgan fingerprint density at radius 1 is 0.350 bits per heavy atom. The number of hydrogen-bond donors (Lipinski definition) is 2. The van der Waals surface area contributed by atoms with E-state index in [1.54, 1.807) is 0 Å². The predicted octanol–water partition coefficient (Wildman–Crippen LogP) is 5.06. The fourth-order valence-electron chi connectivity index (χ4n) is 4.98. The Kier molecular flexibility index (Phi) is 10.1. The van der Waals surface area contributed by atoms with Gasteiger partial charge in [-0.1, -0.05) is 121 Å². The molecule has 208 valence electrons. The molecule has 0 aromatic heterocycles. The van der Waals surface area contributed by atoms with Gasteiger partial charge in [-0.2, -0.15) is 0 Å². The number of aliphatic hydroxyl groups is 2. The molecule has 4 aromatic carbocycles. The SMILES string of the molecule is O[C@@H]1[C@@H](O)[C@H](OCc2ccccc2)[C@@H](OCc2ccccc2)[C@@H](OCc2ccccc2)[C@H]1OCc1ccccc1. The van der Waals surface area contributed by atoms with Gasteiger partial charge in [-0.05, 0) is 22.3 Å². The van der Waals surface area contributed by atoms with Crippen molar-refractivity contribution >= 4 is 0 Å². The van der Waals surface area contributed by atoms with E-state index in [1.807, 2.05) is 121 Å². The summed E-state index contributed by atoms with van der Waals surface area (Å²) in [4.78, 5) is 0. The summed E-state index contributed by atoms with van der Waals surface area (Å²) in [7, 11) is 0. The lowest BCUT2D eigenvalue weighted by molar-refractivity contribution is -0.273. The molecule has 4 aromatic rings. The first kappa shape index (κ1) is 28.2. The fourth-order valence-corrected chi connectivity index (χ4v) is 4.98. The molecule has 0 saturated heterocycles. The van der Waals surface area contributed by atoms with Crippen LogP contribution in [0, 0.1) is 0 Å². The van der Waals surface area contributed by atoms with Gasteiger partial charge in [-0.3, -0.25) is 0 Å². The van der Waals surface area contributed by atoms with Crippen molar-refractivity contribution in [2.24, 2.45) is 0 Å². The number of rotatable bonds is 12. The first-order valence-electron chi connectivity index (χ1n) is 13.7. The molecule has 5 rings (SSSR count). The standard InChI is InChI=1S/C34H36O6/c35-29-30(36)32(38-22-26-15-7-2-8-16-26)34(40-24-28-19-11-4-12-20-28)33(39-23-27-17-9-3-10-18-27)31(29)37-21-25-13-5-1-6-14-25/h1-20,29-36H,21-24H2/t29-,30-,31+,32+,33-,34+/m1/s1. The van der Waals surface area contributed by atoms with Gasteiger partial charge in [0.1, 0.15) is 36.6 Å². The van der Waals surface area contributed by atoms with Gasteiger partial charge in [-0.25, -0.2) is 0 Å². The zero-order valence-corrected chi connectivity index (χ0v) is 22.4. The highest BCUT2D eigenvalue weighted by Gasteiger charge is 2.52. The Morgan fingerprint density at radius 2 is 0.575 bits per heavy atom. The molecule has 6 heteroatoms. The van der Waals surface area contributed by atoms with Crippen molar-refractivity contribution in [3.8, 4) is 0 Å². The lowest BCUT2D eigenvalue weighted by atomic mass is 9.84. The number of aliphatic hydroxyl groups excluding tert-OH is 2. The minimum absolute atomic E-state index is 0.251. The minimum atomic E-state index is -1.25. The molecule has 6 nitrogen and oxygen atoms in total. The zero-order valence-electron chi connectivity index (χ0n) is 22.4. The third-order valence-electron chi connectivity index (χ3n) is 7.14. The van der Waals surface area contributed by atoms with E-state index >= 15 is 0 Å². The average Bonchev–Trinajstić information content (AvgIpc) is 3.01. The third-order valence-corrected chi connectivity index (χ3v) is 7.14. The average molecular weight is 541 g/mol. The van der Waals surface area contributed by atoms with E-state index in [4.69, 9.17) is 18.9 Å². The molecule has 0 bridgehead atoms. The van der Waals surface area contributed by atoms with Crippen LogP contribution in [0.1, 0.15) is 22.3 Å². The zero-order chi connectivity index (χ0) is 27.6. The van der Waals surface area contributed by atoms with Gasteiger partial charge < -0.3 is 29.2 Å². The summed E-state index contributed by atoms with van der Waals surface area (Å²) >= 11 is 0. The van der Waals surface area contributed by atoms with E-state index in [-0.39, 0.29) is 26.4 Å². The third kappa shape index (κ3) is 7.43. The molecule has 6 atom stereocenters. The predicted molar refractivity (Wildman–Crippen MR) is 152 cm³/mol. The Balaban J connectivity index is 1.42. The molecule has 1 fully saturated rings. The monoisotopic (exact) mass is 540 g/mol. The second-order valence-electron chi connectivity index (χ2n) is 10.0. The van der Waals surface area contributed by atoms with Crippen LogP contribution in [-0.2, 0) is 45.4 Å². The fraction of sp³-hybridized carbons (Fsp3) is 0.294. The molecule has 0 unspecified atom stereocenters. The molecule has 0 spiro atoms. The van der Waals surface area contributed by atoms with Crippen molar-refractivity contribution in [1.29, 1.82) is 0 Å². The molecule has 1 saturated carbocycles. The van der Waals surface area contributed by atoms with Crippen LogP contribution in [0.25, 0.3) is 0 Å². The molecule has 0 amide bonds. The molecular weight excluding hydrogens is 504 g/mol. The van der Waals surface area contributed by atoms with E-state index in [0.717, 1.165) is 22.3 Å². The van der Waals surface area contributed by atoms with E-state index in [9.17, 15) is 10.2 Å². The minimum Gasteiger partial charge on any atom is -0.387 e. The van der Waals surface area contributed by atoms with Crippen molar-refractivity contribution < 1.29 is 29.2 Å². The summed E-state index contributed by atoms with van der Waals surface area (Å²) in [6.45, 7) is 1.08. The Morgan fingerprint density at radius 3 is 0.825 bits per heavy atom. The highest BCUT2D eigenvalue weighted by Crippen LogP contribution is 2.32. The van der Waals surface area contributed by atoms with Crippen LogP contribution in [-0.4, -0.2) is 46.8 Å². The van der Waals surface area contributed by atoms with Crippen molar-refractivity contribution in [2.45, 2.75) is 63.1 Å². The van der Waals surface area contributed by atoms with Gasteiger partial charge in [0.15, 0.2) is 0 Å². The normalized spacial score (nSPS) is 24.6. The number of hydrogen-bond acceptors (Lipinski definition) is 6. The van der Waals surface area contributed by atoms with Gasteiger partial charge in [0.05, 0.1) is 26.4 Å². The first-order chi connectivity index (χ1) is 19.7. The lowest BCUT2D eigenvalue weighted by Crippen LogP contribution is -2.66. The number of ether oxygens (including phenoxy) is 4. The highest BCUT2D eigenvalue weighted by atomic mass is 16.6. The van der Waals surface area contributed by atoms with Crippen LogP contribution in [0.5, 0.6) is 0 Å². The van der Waals surface area contributed by atoms with Gasteiger partial charge >= 0.3 is 0 Å². The maximum atomic E-state index is 11.4. The summed E-state index contributed by atoms with van der Waals surface area (Å²) in [6, 6.07) is 39.1. The summed E-state index contributed by atoms with van der Waals surface area (Å²) in [5.41, 5.74) is 3.87. The molecule has 0 aliphatic heterocycles. The van der Waals surface area contributed by atoms with Crippen molar-refractivity contribution in [3.05, 3.63) is 144 Å². The molecule has 1 aliphatic carbocycles. The Bertz CT molecular complexity index is 1150. The molecule has 40 heavy (non-hydrogen) atoms. The molecule has 0 heterocycles. The molecule has 0 radical (unpaired) electrons. The van der Waals surface area contributed by atoms with Crippen LogP contribution in [0.4, 0.5) is 0 Å². The Hall–Kier alpha value is -3.36. The summed E-state index contributed by atoms with van der Waals surface area (Å²) in [5.74, 6) is 0. The van der Waals surface area contributed by atoms with Crippen molar-refractivity contribution in [1.82, 2.24) is 0 Å². The van der Waals surface area contributed by atoms with Gasteiger partial charge in [0.2, 0.25) is 0 Å². The van der Waals surface area contributed by atoms with E-state index in [0.29, 0.717) is 0 Å². The quantitative estimate of drug-likeness (QED) is 0.262. The van der Waals surface area contributed by atoms with E-state index in [2.05, 4.69) is 0 Å². The second-order valence-corrected chi connectivity index (χ2v) is 10.0. The van der Waals surface area contributed by atoms with Gasteiger partial charge in [-0.15, -0.1) is 0 Å². The van der Waals surface area contributed by atoms with Crippen LogP contribution >= 0.6 is 0 Å². The van der Waals surface area contributed by atoms with Crippen LogP contribution in [0.15, 0.2) is 121 Å². The van der Waals surface area contributed by atoms with Crippen molar-refractivity contribution in [3.63, 3.8) is 0 Å². The summed E-state index contributed by atoms with van der Waals surface area (Å²) in [5, 5.41) is 22.7. The number of benzene rings is 4. The lowest BCUT2D eigenvalue weighted by Gasteiger charge is -2.47. The smallest absolute Gasteiger partial charge is 0.116 e. The van der Waals surface area contributed by atoms with Crippen LogP contribution in [0.2, 0.25) is 0 Å². The van der Waals surface area contributed by atoms with Crippen LogP contribution < -0.4 is 0 Å². The molecular formula is C34H36O6. The maximum Gasteiger partial charge on any atom is 0.116 e. The second kappa shape index (κ2) is 14.3. The summed E-state index contributed by atoms with van der Waals surface area (Å²) < 4.78 is 25.5. The maximum absolute atomic E-state index is 11.4. The first-order valence-corrected chi connectivity index (χ1v) is 13.7. The van der Waals surface area contributed by atoms with E-state index < -0.39 is 36.6 Å². The summed E-state index contributed by atoms with van der Waals surface area (Å²) in [6.07, 6.45) is -5.63. The van der Waals surface area contributed by atoms with Gasteiger partial charge in [0.25, 0.3) is 0 Å². The molecule has 2 N–H and O–H groups in total. The largest absolute Gasteiger partial charge is 0.387 e. The van der Waals surface area contributed by atoms with Gasteiger partial charge in [0, 0.05) is 0 Å².